The topological polar surface area (TPSA) is 41.6 Å². The molecule has 1 heterocycles. The Balaban J connectivity index is 1.85. The molecule has 1 aromatic rings. The highest BCUT2D eigenvalue weighted by Gasteiger charge is 2.31. The van der Waals surface area contributed by atoms with Crippen LogP contribution in [0.1, 0.15) is 39.2 Å². The Morgan fingerprint density at radius 2 is 1.83 bits per heavy atom. The molecule has 0 spiro atoms. The van der Waals surface area contributed by atoms with Crippen molar-refractivity contribution in [2.24, 2.45) is 0 Å². The van der Waals surface area contributed by atoms with Gasteiger partial charge in [0.1, 0.15) is 5.75 Å². The molecular weight excluding hydrogens is 393 g/mol. The number of carbonyl (C=O) groups excluding carboxylic acids is 1. The van der Waals surface area contributed by atoms with Gasteiger partial charge < -0.3 is 15.0 Å². The molecule has 164 valence electrons. The average Bonchev–Trinajstić information content (AvgIpc) is 2.67. The normalized spacial score (nSPS) is 16.8. The Hall–Kier alpha value is -2.54. The molecule has 0 saturated carbocycles. The summed E-state index contributed by atoms with van der Waals surface area (Å²) in [5.74, 6) is -0.451. The Morgan fingerprint density at radius 1 is 1.23 bits per heavy atom. The summed E-state index contributed by atoms with van der Waals surface area (Å²) in [6.45, 7) is 11.9. The maximum absolute atomic E-state index is 12.3. The zero-order valence-corrected chi connectivity index (χ0v) is 17.6. The SMILES string of the molecule is C=C(/C=C\C=C(/C)c1ccc(OC(F)(F)F)cc1)C(=O)NC1CCN(C(C)C)CC1. The number of nitrogens with zero attached hydrogens (tertiary/aromatic N) is 1. The van der Waals surface area contributed by atoms with Crippen LogP contribution in [0.4, 0.5) is 13.2 Å². The number of rotatable bonds is 7. The molecule has 1 amide bonds. The van der Waals surface area contributed by atoms with Gasteiger partial charge in [-0.15, -0.1) is 13.2 Å². The largest absolute Gasteiger partial charge is 0.573 e. The maximum atomic E-state index is 12.3. The van der Waals surface area contributed by atoms with Gasteiger partial charge in [0.15, 0.2) is 0 Å². The molecule has 2 rings (SSSR count). The number of piperidine rings is 1. The van der Waals surface area contributed by atoms with E-state index < -0.39 is 6.36 Å². The average molecular weight is 422 g/mol. The molecule has 0 unspecified atom stereocenters. The summed E-state index contributed by atoms with van der Waals surface area (Å²) in [7, 11) is 0. The zero-order chi connectivity index (χ0) is 22.3. The van der Waals surface area contributed by atoms with Crippen LogP contribution in [-0.4, -0.2) is 42.3 Å². The van der Waals surface area contributed by atoms with Crippen LogP contribution in [0.25, 0.3) is 5.57 Å². The first-order valence-corrected chi connectivity index (χ1v) is 10.00. The van der Waals surface area contributed by atoms with E-state index in [4.69, 9.17) is 0 Å². The molecule has 1 N–H and O–H groups in total. The molecule has 0 aromatic heterocycles. The molecule has 1 aliphatic rings. The predicted octanol–water partition coefficient (Wildman–Crippen LogP) is 5.09. The van der Waals surface area contributed by atoms with E-state index in [1.165, 1.54) is 12.1 Å². The number of likely N-dealkylation sites (tertiary alicyclic amines) is 1. The molecule has 0 radical (unpaired) electrons. The van der Waals surface area contributed by atoms with Crippen molar-refractivity contribution in [2.45, 2.75) is 52.1 Å². The minimum absolute atomic E-state index is 0.160. The smallest absolute Gasteiger partial charge is 0.406 e. The van der Waals surface area contributed by atoms with Crippen LogP contribution in [-0.2, 0) is 4.79 Å². The third-order valence-electron chi connectivity index (χ3n) is 5.07. The third kappa shape index (κ3) is 7.71. The fourth-order valence-electron chi connectivity index (χ4n) is 3.24. The Morgan fingerprint density at radius 3 is 2.37 bits per heavy atom. The van der Waals surface area contributed by atoms with Gasteiger partial charge in [0.05, 0.1) is 0 Å². The van der Waals surface area contributed by atoms with E-state index in [1.54, 1.807) is 30.4 Å². The lowest BCUT2D eigenvalue weighted by molar-refractivity contribution is -0.274. The Bertz CT molecular complexity index is 788. The maximum Gasteiger partial charge on any atom is 0.573 e. The second-order valence-electron chi connectivity index (χ2n) is 7.68. The van der Waals surface area contributed by atoms with E-state index in [-0.39, 0.29) is 17.7 Å². The molecular formula is C23H29F3N2O2. The van der Waals surface area contributed by atoms with Crippen molar-refractivity contribution in [3.63, 3.8) is 0 Å². The minimum atomic E-state index is -4.71. The number of hydrogen-bond donors (Lipinski definition) is 1. The summed E-state index contributed by atoms with van der Waals surface area (Å²) in [5, 5.41) is 3.03. The van der Waals surface area contributed by atoms with Crippen LogP contribution in [0.3, 0.4) is 0 Å². The van der Waals surface area contributed by atoms with Crippen LogP contribution in [0.2, 0.25) is 0 Å². The predicted molar refractivity (Wildman–Crippen MR) is 113 cm³/mol. The van der Waals surface area contributed by atoms with Gasteiger partial charge in [-0.05, 0) is 56.9 Å². The number of nitrogens with one attached hydrogen (secondary N) is 1. The number of benzene rings is 1. The molecule has 1 aromatic carbocycles. The number of carbonyl (C=O) groups is 1. The lowest BCUT2D eigenvalue weighted by Crippen LogP contribution is -2.46. The third-order valence-corrected chi connectivity index (χ3v) is 5.07. The highest BCUT2D eigenvalue weighted by Crippen LogP contribution is 2.24. The van der Waals surface area contributed by atoms with Crippen LogP contribution >= 0.6 is 0 Å². The molecule has 0 aliphatic carbocycles. The molecule has 1 fully saturated rings. The minimum Gasteiger partial charge on any atom is -0.406 e. The van der Waals surface area contributed by atoms with Crippen molar-refractivity contribution in [1.82, 2.24) is 10.2 Å². The number of allylic oxidation sites excluding steroid dienone is 3. The van der Waals surface area contributed by atoms with Crippen molar-refractivity contribution < 1.29 is 22.7 Å². The lowest BCUT2D eigenvalue weighted by atomic mass is 10.0. The molecule has 7 heteroatoms. The van der Waals surface area contributed by atoms with Gasteiger partial charge in [-0.2, -0.15) is 0 Å². The summed E-state index contributed by atoms with van der Waals surface area (Å²) in [4.78, 5) is 14.7. The van der Waals surface area contributed by atoms with Crippen LogP contribution < -0.4 is 10.1 Å². The van der Waals surface area contributed by atoms with Crippen molar-refractivity contribution in [3.8, 4) is 5.75 Å². The second-order valence-corrected chi connectivity index (χ2v) is 7.68. The number of hydrogen-bond acceptors (Lipinski definition) is 3. The van der Waals surface area contributed by atoms with Crippen molar-refractivity contribution in [2.75, 3.05) is 13.1 Å². The summed E-state index contributed by atoms with van der Waals surface area (Å²) in [6, 6.07) is 6.30. The van der Waals surface area contributed by atoms with Gasteiger partial charge in [0, 0.05) is 30.7 Å². The zero-order valence-electron chi connectivity index (χ0n) is 17.6. The van der Waals surface area contributed by atoms with Gasteiger partial charge in [0.2, 0.25) is 0 Å². The van der Waals surface area contributed by atoms with Gasteiger partial charge >= 0.3 is 6.36 Å². The van der Waals surface area contributed by atoms with E-state index in [0.717, 1.165) is 37.1 Å². The molecule has 0 atom stereocenters. The van der Waals surface area contributed by atoms with Gasteiger partial charge in [-0.3, -0.25) is 4.79 Å². The van der Waals surface area contributed by atoms with E-state index in [9.17, 15) is 18.0 Å². The number of halogens is 3. The molecule has 4 nitrogen and oxygen atoms in total. The highest BCUT2D eigenvalue weighted by atomic mass is 19.4. The lowest BCUT2D eigenvalue weighted by Gasteiger charge is -2.34. The molecule has 1 aliphatic heterocycles. The highest BCUT2D eigenvalue weighted by molar-refractivity contribution is 5.95. The van der Waals surface area contributed by atoms with Gasteiger partial charge in [-0.1, -0.05) is 36.9 Å². The first-order valence-electron chi connectivity index (χ1n) is 10.00. The first-order chi connectivity index (χ1) is 14.0. The fraction of sp³-hybridized carbons (Fsp3) is 0.435. The number of ether oxygens (including phenoxy) is 1. The number of alkyl halides is 3. The number of amides is 1. The van der Waals surface area contributed by atoms with Crippen molar-refractivity contribution >= 4 is 11.5 Å². The standard InChI is InChI=1S/C23H29F3N2O2/c1-16(2)28-14-12-20(13-15-28)27-22(29)18(4)7-5-6-17(3)19-8-10-21(11-9-19)30-23(24,25)26/h5-11,16,20H,4,12-15H2,1-3H3,(H,27,29)/b7-5-,17-6+. The molecule has 0 bridgehead atoms. The monoisotopic (exact) mass is 422 g/mol. The summed E-state index contributed by atoms with van der Waals surface area (Å²) in [6.07, 6.45) is 2.25. The van der Waals surface area contributed by atoms with Crippen LogP contribution in [0.5, 0.6) is 5.75 Å². The summed E-state index contributed by atoms with van der Waals surface area (Å²) in [5.41, 5.74) is 1.94. The second kappa shape index (κ2) is 10.5. The summed E-state index contributed by atoms with van der Waals surface area (Å²) < 4.78 is 40.5. The summed E-state index contributed by atoms with van der Waals surface area (Å²) >= 11 is 0. The molecule has 30 heavy (non-hydrogen) atoms. The Kier molecular flexibility index (Phi) is 8.29. The van der Waals surface area contributed by atoms with Gasteiger partial charge in [0.25, 0.3) is 5.91 Å². The fourth-order valence-corrected chi connectivity index (χ4v) is 3.24. The van der Waals surface area contributed by atoms with E-state index >= 15 is 0 Å². The van der Waals surface area contributed by atoms with E-state index in [0.29, 0.717) is 11.6 Å². The van der Waals surface area contributed by atoms with Crippen LogP contribution in [0.15, 0.2) is 54.6 Å². The van der Waals surface area contributed by atoms with E-state index in [2.05, 4.69) is 35.4 Å². The quantitative estimate of drug-likeness (QED) is 0.492. The Labute approximate surface area is 176 Å². The van der Waals surface area contributed by atoms with Crippen LogP contribution in [0, 0.1) is 0 Å². The van der Waals surface area contributed by atoms with Gasteiger partial charge in [-0.25, -0.2) is 0 Å². The molecule has 1 saturated heterocycles. The van der Waals surface area contributed by atoms with E-state index in [1.807, 2.05) is 6.92 Å². The first kappa shape index (κ1) is 23.7. The van der Waals surface area contributed by atoms with Crippen molar-refractivity contribution in [3.05, 3.63) is 60.2 Å². The van der Waals surface area contributed by atoms with Crippen molar-refractivity contribution in [1.29, 1.82) is 0 Å².